The van der Waals surface area contributed by atoms with Crippen molar-refractivity contribution >= 4 is 34.5 Å². The van der Waals surface area contributed by atoms with Gasteiger partial charge in [-0.05, 0) is 43.6 Å². The normalized spacial score (nSPS) is 13.5. The molecule has 0 saturated carbocycles. The molecule has 3 atom stereocenters. The van der Waals surface area contributed by atoms with Crippen LogP contribution in [0.25, 0.3) is 10.8 Å². The van der Waals surface area contributed by atoms with Crippen LogP contribution in [-0.2, 0) is 14.4 Å². The lowest BCUT2D eigenvalue weighted by atomic mass is 10.0. The Morgan fingerprint density at radius 2 is 1.66 bits per heavy atom. The number of ether oxygens (including phenoxy) is 1. The molecule has 0 aliphatic rings. The number of rotatable bonds is 12. The molecule has 0 aliphatic carbocycles. The predicted molar refractivity (Wildman–Crippen MR) is 136 cm³/mol. The Balaban J connectivity index is 2.10. The molecule has 0 aliphatic heterocycles. The number of nitrogens with two attached hydrogens (primary N) is 3. The molecule has 10 heteroatoms. The summed E-state index contributed by atoms with van der Waals surface area (Å²) in [6.45, 7) is 5.73. The van der Waals surface area contributed by atoms with Crippen LogP contribution in [0.5, 0.6) is 5.75 Å². The first kappa shape index (κ1) is 27.6. The first-order chi connectivity index (χ1) is 16.6. The first-order valence-corrected chi connectivity index (χ1v) is 11.7. The lowest BCUT2D eigenvalue weighted by Gasteiger charge is -2.22. The van der Waals surface area contributed by atoms with Gasteiger partial charge in [0.15, 0.2) is 5.96 Å². The molecule has 0 heterocycles. The van der Waals surface area contributed by atoms with Crippen LogP contribution in [0.1, 0.15) is 40.0 Å². The van der Waals surface area contributed by atoms with Crippen molar-refractivity contribution in [1.82, 2.24) is 10.6 Å². The lowest BCUT2D eigenvalue weighted by molar-refractivity contribution is -0.140. The molecule has 0 bridgehead atoms. The number of amides is 2. The van der Waals surface area contributed by atoms with Crippen LogP contribution in [0.4, 0.5) is 0 Å². The van der Waals surface area contributed by atoms with Crippen LogP contribution < -0.4 is 32.6 Å². The number of fused-ring (bicyclic) bond motifs is 1. The van der Waals surface area contributed by atoms with Gasteiger partial charge in [0.1, 0.15) is 17.8 Å². The number of carbonyl (C=O) groups excluding carboxylic acids is 3. The van der Waals surface area contributed by atoms with Gasteiger partial charge < -0.3 is 32.6 Å². The fourth-order valence-electron chi connectivity index (χ4n) is 3.51. The average molecular weight is 485 g/mol. The molecule has 35 heavy (non-hydrogen) atoms. The minimum atomic E-state index is -0.973. The van der Waals surface area contributed by atoms with E-state index in [1.165, 1.54) is 6.92 Å². The van der Waals surface area contributed by atoms with Gasteiger partial charge in [-0.3, -0.25) is 14.6 Å². The monoisotopic (exact) mass is 484 g/mol. The van der Waals surface area contributed by atoms with E-state index in [-0.39, 0.29) is 24.8 Å². The molecular formula is C25H36N6O4. The Morgan fingerprint density at radius 3 is 2.34 bits per heavy atom. The number of benzene rings is 2. The molecule has 0 saturated heterocycles. The van der Waals surface area contributed by atoms with Crippen molar-refractivity contribution < 1.29 is 19.1 Å². The highest BCUT2D eigenvalue weighted by Crippen LogP contribution is 2.25. The number of guanidine groups is 1. The van der Waals surface area contributed by atoms with Crippen molar-refractivity contribution in [2.24, 2.45) is 28.1 Å². The largest absolute Gasteiger partial charge is 0.424 e. The van der Waals surface area contributed by atoms with E-state index in [4.69, 9.17) is 21.9 Å². The smallest absolute Gasteiger partial charge is 0.334 e. The summed E-state index contributed by atoms with van der Waals surface area (Å²) in [5.41, 5.74) is 16.6. The van der Waals surface area contributed by atoms with Crippen molar-refractivity contribution in [2.75, 3.05) is 6.54 Å². The van der Waals surface area contributed by atoms with Gasteiger partial charge in [0.05, 0.1) is 6.04 Å². The number of nitrogens with one attached hydrogen (secondary N) is 2. The summed E-state index contributed by atoms with van der Waals surface area (Å²) in [4.78, 5) is 42.1. The molecule has 2 amide bonds. The van der Waals surface area contributed by atoms with E-state index in [1.807, 2.05) is 44.2 Å². The van der Waals surface area contributed by atoms with Crippen molar-refractivity contribution in [3.8, 4) is 5.75 Å². The Kier molecular flexibility index (Phi) is 10.5. The molecule has 2 rings (SSSR count). The van der Waals surface area contributed by atoms with Crippen LogP contribution in [-0.4, -0.2) is 48.4 Å². The summed E-state index contributed by atoms with van der Waals surface area (Å²) in [5, 5.41) is 6.97. The second-order valence-corrected chi connectivity index (χ2v) is 8.87. The number of aliphatic imine (C=N–C) groups is 1. The van der Waals surface area contributed by atoms with Gasteiger partial charge in [-0.2, -0.15) is 0 Å². The van der Waals surface area contributed by atoms with E-state index in [9.17, 15) is 14.4 Å². The maximum atomic E-state index is 13.1. The SMILES string of the molecule is CC(C)CC(N)C(=O)N[C@@H](C)C(=O)N[C@@H](CCCN=C(N)N)C(=O)Oc1cccc2ccccc12. The van der Waals surface area contributed by atoms with Gasteiger partial charge in [0.2, 0.25) is 11.8 Å². The van der Waals surface area contributed by atoms with Gasteiger partial charge in [0, 0.05) is 11.9 Å². The fourth-order valence-corrected chi connectivity index (χ4v) is 3.51. The van der Waals surface area contributed by atoms with Gasteiger partial charge in [-0.1, -0.05) is 50.2 Å². The van der Waals surface area contributed by atoms with Crippen LogP contribution in [0.15, 0.2) is 47.5 Å². The maximum Gasteiger partial charge on any atom is 0.334 e. The molecule has 10 nitrogen and oxygen atoms in total. The number of hydrogen-bond acceptors (Lipinski definition) is 6. The van der Waals surface area contributed by atoms with E-state index in [2.05, 4.69) is 15.6 Å². The minimum absolute atomic E-state index is 0.0574. The Bertz CT molecular complexity index is 1050. The van der Waals surface area contributed by atoms with E-state index in [0.29, 0.717) is 18.6 Å². The second kappa shape index (κ2) is 13.3. The zero-order valence-electron chi connectivity index (χ0n) is 20.5. The highest BCUT2D eigenvalue weighted by atomic mass is 16.5. The third kappa shape index (κ3) is 8.90. The summed E-state index contributed by atoms with van der Waals surface area (Å²) >= 11 is 0. The standard InChI is InChI=1S/C25H36N6O4/c1-15(2)14-19(26)23(33)30-16(3)22(32)31-20(11-7-13-29-25(27)28)24(34)35-21-12-6-9-17-8-4-5-10-18(17)21/h4-6,8-10,12,15-16,19-20H,7,11,13-14,26H2,1-3H3,(H,30,33)(H,31,32)(H4,27,28,29)/t16-,19?,20-/m0/s1. The zero-order valence-corrected chi connectivity index (χ0v) is 20.5. The molecule has 0 radical (unpaired) electrons. The van der Waals surface area contributed by atoms with Crippen LogP contribution >= 0.6 is 0 Å². The van der Waals surface area contributed by atoms with Crippen LogP contribution in [0.2, 0.25) is 0 Å². The maximum absolute atomic E-state index is 13.1. The topological polar surface area (TPSA) is 175 Å². The van der Waals surface area contributed by atoms with E-state index in [1.54, 1.807) is 12.1 Å². The molecule has 8 N–H and O–H groups in total. The Hall–Kier alpha value is -3.66. The summed E-state index contributed by atoms with van der Waals surface area (Å²) in [6, 6.07) is 10.3. The average Bonchev–Trinajstić information content (AvgIpc) is 2.80. The van der Waals surface area contributed by atoms with E-state index in [0.717, 1.165) is 10.8 Å². The molecule has 2 aromatic carbocycles. The van der Waals surface area contributed by atoms with Gasteiger partial charge >= 0.3 is 5.97 Å². The van der Waals surface area contributed by atoms with Crippen molar-refractivity contribution in [2.45, 2.75) is 58.2 Å². The summed E-state index contributed by atoms with van der Waals surface area (Å²) in [5.74, 6) is -1.02. The zero-order chi connectivity index (χ0) is 26.0. The summed E-state index contributed by atoms with van der Waals surface area (Å²) < 4.78 is 5.67. The highest BCUT2D eigenvalue weighted by Gasteiger charge is 2.27. The van der Waals surface area contributed by atoms with E-state index >= 15 is 0 Å². The minimum Gasteiger partial charge on any atom is -0.424 e. The highest BCUT2D eigenvalue weighted by molar-refractivity contribution is 5.94. The molecule has 1 unspecified atom stereocenters. The number of nitrogens with zero attached hydrogens (tertiary/aromatic N) is 1. The predicted octanol–water partition coefficient (Wildman–Crippen LogP) is 1.16. The van der Waals surface area contributed by atoms with Gasteiger partial charge in [0.25, 0.3) is 0 Å². The summed E-state index contributed by atoms with van der Waals surface area (Å²) in [7, 11) is 0. The van der Waals surface area contributed by atoms with Crippen molar-refractivity contribution in [1.29, 1.82) is 0 Å². The van der Waals surface area contributed by atoms with E-state index < -0.39 is 35.9 Å². The molecular weight excluding hydrogens is 448 g/mol. The van der Waals surface area contributed by atoms with Gasteiger partial charge in [-0.15, -0.1) is 0 Å². The van der Waals surface area contributed by atoms with Crippen molar-refractivity contribution in [3.63, 3.8) is 0 Å². The lowest BCUT2D eigenvalue weighted by Crippen LogP contribution is -2.54. The number of esters is 1. The first-order valence-electron chi connectivity index (χ1n) is 11.7. The Labute approximate surface area is 205 Å². The molecule has 190 valence electrons. The molecule has 0 spiro atoms. The Morgan fingerprint density at radius 1 is 0.971 bits per heavy atom. The third-order valence-corrected chi connectivity index (χ3v) is 5.32. The second-order valence-electron chi connectivity index (χ2n) is 8.87. The molecule has 2 aromatic rings. The number of hydrogen-bond donors (Lipinski definition) is 5. The summed E-state index contributed by atoms with van der Waals surface area (Å²) in [6.07, 6.45) is 1.15. The molecule has 0 fully saturated rings. The van der Waals surface area contributed by atoms with Crippen LogP contribution in [0.3, 0.4) is 0 Å². The van der Waals surface area contributed by atoms with Gasteiger partial charge in [-0.25, -0.2) is 4.79 Å². The quantitative estimate of drug-likeness (QED) is 0.0987. The third-order valence-electron chi connectivity index (χ3n) is 5.32. The number of carbonyl (C=O) groups is 3. The van der Waals surface area contributed by atoms with Crippen LogP contribution in [0, 0.1) is 5.92 Å². The van der Waals surface area contributed by atoms with Crippen molar-refractivity contribution in [3.05, 3.63) is 42.5 Å². The molecule has 0 aromatic heterocycles. The fraction of sp³-hybridized carbons (Fsp3) is 0.440.